The number of hydrogen-bond donors (Lipinski definition) is 1. The number of unbranched alkanes of at least 4 members (excludes halogenated alkanes) is 2. The fourth-order valence-corrected chi connectivity index (χ4v) is 3.31. The molecule has 0 radical (unpaired) electrons. The number of carbonyl (C=O) groups is 1. The van der Waals surface area contributed by atoms with Crippen molar-refractivity contribution in [2.45, 2.75) is 50.0 Å². The van der Waals surface area contributed by atoms with Crippen molar-refractivity contribution in [2.75, 3.05) is 5.75 Å². The summed E-state index contributed by atoms with van der Waals surface area (Å²) >= 11 is 0. The third-order valence-electron chi connectivity index (χ3n) is 3.09. The van der Waals surface area contributed by atoms with Gasteiger partial charge in [-0.05, 0) is 19.8 Å². The minimum atomic E-state index is -4.60. The second-order valence-corrected chi connectivity index (χ2v) is 7.23. The highest BCUT2D eigenvalue weighted by Crippen LogP contribution is 2.29. The molecule has 0 rings (SSSR count). The molecule has 8 heteroatoms. The SMILES string of the molecule is C#CCCCCC(C)(C(N)=O)S(=O)(=O)CCC(F)(F)F. The third-order valence-corrected chi connectivity index (χ3v) is 5.61. The van der Waals surface area contributed by atoms with Crippen molar-refractivity contribution in [1.29, 1.82) is 0 Å². The molecule has 0 spiro atoms. The van der Waals surface area contributed by atoms with Crippen LogP contribution in [0.2, 0.25) is 0 Å². The van der Waals surface area contributed by atoms with Crippen LogP contribution in [0.4, 0.5) is 13.2 Å². The van der Waals surface area contributed by atoms with E-state index in [9.17, 15) is 26.4 Å². The molecule has 20 heavy (non-hydrogen) atoms. The summed E-state index contributed by atoms with van der Waals surface area (Å²) in [5, 5.41) is 0. The molecular formula is C12H18F3NO3S. The first-order valence-electron chi connectivity index (χ1n) is 5.99. The summed E-state index contributed by atoms with van der Waals surface area (Å²) in [6.07, 6.45) is -0.0186. The number of nitrogens with two attached hydrogens (primary N) is 1. The lowest BCUT2D eigenvalue weighted by Crippen LogP contribution is -2.49. The van der Waals surface area contributed by atoms with Crippen LogP contribution in [0.25, 0.3) is 0 Å². The number of halogens is 3. The van der Waals surface area contributed by atoms with Crippen molar-refractivity contribution in [3.05, 3.63) is 0 Å². The molecule has 1 amide bonds. The highest BCUT2D eigenvalue weighted by molar-refractivity contribution is 7.93. The normalized spacial score (nSPS) is 15.3. The van der Waals surface area contributed by atoms with E-state index < -0.39 is 38.8 Å². The van der Waals surface area contributed by atoms with E-state index in [1.165, 1.54) is 0 Å². The van der Waals surface area contributed by atoms with Crippen molar-refractivity contribution in [3.63, 3.8) is 0 Å². The van der Waals surface area contributed by atoms with Gasteiger partial charge in [-0.25, -0.2) is 8.42 Å². The van der Waals surface area contributed by atoms with Crippen LogP contribution in [-0.4, -0.2) is 31.0 Å². The highest BCUT2D eigenvalue weighted by atomic mass is 32.2. The average molecular weight is 313 g/mol. The Morgan fingerprint density at radius 3 is 2.20 bits per heavy atom. The van der Waals surface area contributed by atoms with Gasteiger partial charge in [0.2, 0.25) is 5.91 Å². The van der Waals surface area contributed by atoms with Crippen LogP contribution < -0.4 is 5.73 Å². The molecule has 0 aliphatic carbocycles. The standard InChI is InChI=1S/C12H18F3NO3S/c1-3-4-5-6-7-11(2,10(16)17)20(18,19)9-8-12(13,14)15/h1H,4-9H2,2H3,(H2,16,17). The van der Waals surface area contributed by atoms with Crippen LogP contribution in [0.3, 0.4) is 0 Å². The summed E-state index contributed by atoms with van der Waals surface area (Å²) in [6, 6.07) is 0. The van der Waals surface area contributed by atoms with Crippen LogP contribution in [0.15, 0.2) is 0 Å². The van der Waals surface area contributed by atoms with Crippen LogP contribution >= 0.6 is 0 Å². The Morgan fingerprint density at radius 2 is 1.80 bits per heavy atom. The zero-order valence-corrected chi connectivity index (χ0v) is 12.0. The second-order valence-electron chi connectivity index (χ2n) is 4.69. The lowest BCUT2D eigenvalue weighted by molar-refractivity contribution is -0.130. The minimum absolute atomic E-state index is 0.135. The second kappa shape index (κ2) is 6.97. The van der Waals surface area contributed by atoms with E-state index in [-0.39, 0.29) is 6.42 Å². The van der Waals surface area contributed by atoms with Crippen molar-refractivity contribution in [1.82, 2.24) is 0 Å². The van der Waals surface area contributed by atoms with Crippen molar-refractivity contribution in [3.8, 4) is 12.3 Å². The first kappa shape index (κ1) is 18.8. The maximum atomic E-state index is 12.1. The van der Waals surface area contributed by atoms with Crippen molar-refractivity contribution < 1.29 is 26.4 Å². The largest absolute Gasteiger partial charge is 0.390 e. The Bertz CT molecular complexity index is 479. The minimum Gasteiger partial charge on any atom is -0.368 e. The van der Waals surface area contributed by atoms with E-state index in [0.29, 0.717) is 19.3 Å². The number of alkyl halides is 3. The van der Waals surface area contributed by atoms with Gasteiger partial charge in [0.05, 0.1) is 12.2 Å². The molecule has 0 heterocycles. The Hall–Kier alpha value is -1.23. The average Bonchev–Trinajstić information content (AvgIpc) is 2.30. The fraction of sp³-hybridized carbons (Fsp3) is 0.750. The van der Waals surface area contributed by atoms with E-state index in [4.69, 9.17) is 12.2 Å². The van der Waals surface area contributed by atoms with E-state index in [1.807, 2.05) is 0 Å². The van der Waals surface area contributed by atoms with Gasteiger partial charge in [0.1, 0.15) is 4.75 Å². The predicted molar refractivity (Wildman–Crippen MR) is 69.4 cm³/mol. The Labute approximate surface area is 116 Å². The predicted octanol–water partition coefficient (Wildman–Crippen LogP) is 1.79. The molecule has 0 saturated carbocycles. The van der Waals surface area contributed by atoms with Crippen molar-refractivity contribution in [2.24, 2.45) is 5.73 Å². The summed E-state index contributed by atoms with van der Waals surface area (Å²) in [4.78, 5) is 11.4. The number of primary amides is 1. The number of terminal acetylenes is 1. The van der Waals surface area contributed by atoms with Gasteiger partial charge in [-0.1, -0.05) is 6.42 Å². The Balaban J connectivity index is 4.96. The maximum absolute atomic E-state index is 12.1. The molecule has 0 aromatic carbocycles. The molecule has 0 saturated heterocycles. The quantitative estimate of drug-likeness (QED) is 0.548. The van der Waals surface area contributed by atoms with Crippen LogP contribution in [0.1, 0.15) is 39.0 Å². The summed E-state index contributed by atoms with van der Waals surface area (Å²) in [7, 11) is -4.29. The van der Waals surface area contributed by atoms with E-state index >= 15 is 0 Å². The van der Waals surface area contributed by atoms with Gasteiger partial charge < -0.3 is 5.73 Å². The zero-order chi connectivity index (χ0) is 16.0. The topological polar surface area (TPSA) is 77.2 Å². The molecule has 2 N–H and O–H groups in total. The first-order chi connectivity index (χ1) is 8.96. The third kappa shape index (κ3) is 5.41. The van der Waals surface area contributed by atoms with Gasteiger partial charge in [0.15, 0.2) is 9.84 Å². The highest BCUT2D eigenvalue weighted by Gasteiger charge is 2.45. The molecule has 0 aliphatic rings. The van der Waals surface area contributed by atoms with Gasteiger partial charge in [-0.3, -0.25) is 4.79 Å². The van der Waals surface area contributed by atoms with Crippen LogP contribution in [0.5, 0.6) is 0 Å². The van der Waals surface area contributed by atoms with Gasteiger partial charge in [-0.2, -0.15) is 13.2 Å². The Kier molecular flexibility index (Phi) is 6.54. The molecule has 116 valence electrons. The van der Waals surface area contributed by atoms with Gasteiger partial charge in [-0.15, -0.1) is 12.3 Å². The molecule has 0 aromatic heterocycles. The first-order valence-corrected chi connectivity index (χ1v) is 7.64. The van der Waals surface area contributed by atoms with Crippen LogP contribution in [-0.2, 0) is 14.6 Å². The van der Waals surface area contributed by atoms with E-state index in [0.717, 1.165) is 6.92 Å². The molecule has 0 aromatic rings. The molecule has 0 fully saturated rings. The molecular weight excluding hydrogens is 295 g/mol. The summed E-state index contributed by atoms with van der Waals surface area (Å²) in [5.74, 6) is 0.0663. The van der Waals surface area contributed by atoms with E-state index in [2.05, 4.69) is 5.92 Å². The number of amides is 1. The lowest BCUT2D eigenvalue weighted by Gasteiger charge is -2.26. The van der Waals surface area contributed by atoms with Crippen molar-refractivity contribution >= 4 is 15.7 Å². The summed E-state index contributed by atoms with van der Waals surface area (Å²) in [6.45, 7) is 1.07. The smallest absolute Gasteiger partial charge is 0.368 e. The Morgan fingerprint density at radius 1 is 1.25 bits per heavy atom. The van der Waals surface area contributed by atoms with E-state index in [1.54, 1.807) is 0 Å². The molecule has 0 aliphatic heterocycles. The van der Waals surface area contributed by atoms with Gasteiger partial charge >= 0.3 is 6.18 Å². The molecule has 0 bridgehead atoms. The number of rotatable bonds is 8. The molecule has 4 nitrogen and oxygen atoms in total. The van der Waals surface area contributed by atoms with Gasteiger partial charge in [0.25, 0.3) is 0 Å². The summed E-state index contributed by atoms with van der Waals surface area (Å²) in [5.41, 5.74) is 5.07. The fourth-order valence-electron chi connectivity index (χ4n) is 1.60. The number of sulfone groups is 1. The maximum Gasteiger partial charge on any atom is 0.390 e. The van der Waals surface area contributed by atoms with Crippen LogP contribution in [0, 0.1) is 12.3 Å². The number of carbonyl (C=O) groups excluding carboxylic acids is 1. The summed E-state index contributed by atoms with van der Waals surface area (Å²) < 4.78 is 58.3. The zero-order valence-electron chi connectivity index (χ0n) is 11.2. The van der Waals surface area contributed by atoms with Gasteiger partial charge in [0, 0.05) is 6.42 Å². The lowest BCUT2D eigenvalue weighted by atomic mass is 10.0. The number of hydrogen-bond acceptors (Lipinski definition) is 3. The molecule has 1 atom stereocenters. The monoisotopic (exact) mass is 313 g/mol. The molecule has 1 unspecified atom stereocenters.